The summed E-state index contributed by atoms with van der Waals surface area (Å²) in [6, 6.07) is 12.7. The van der Waals surface area contributed by atoms with Crippen LogP contribution >= 0.6 is 0 Å². The highest BCUT2D eigenvalue weighted by Gasteiger charge is 2.27. The molecule has 1 aliphatic heterocycles. The Morgan fingerprint density at radius 3 is 2.89 bits per heavy atom. The molecule has 0 aliphatic carbocycles. The maximum Gasteiger partial charge on any atom is 0.239 e. The van der Waals surface area contributed by atoms with Gasteiger partial charge in [-0.25, -0.2) is 9.37 Å². The van der Waals surface area contributed by atoms with Crippen LogP contribution in [0.1, 0.15) is 23.9 Å². The number of amides is 1. The zero-order valence-electron chi connectivity index (χ0n) is 15.6. The van der Waals surface area contributed by atoms with Crippen LogP contribution in [-0.4, -0.2) is 45.3 Å². The lowest BCUT2D eigenvalue weighted by atomic mass is 9.98. The Bertz CT molecular complexity index is 983. The van der Waals surface area contributed by atoms with Gasteiger partial charge in [0.1, 0.15) is 11.6 Å². The molecular formula is C21H23FN4O. The number of nitrogens with one attached hydrogen (secondary N) is 1. The fraction of sp³-hybridized carbons (Fsp3) is 0.333. The lowest BCUT2D eigenvalue weighted by molar-refractivity contribution is -0.136. The van der Waals surface area contributed by atoms with Crippen molar-refractivity contribution in [2.24, 2.45) is 0 Å². The summed E-state index contributed by atoms with van der Waals surface area (Å²) < 4.78 is 13.3. The first kappa shape index (κ1) is 17.7. The molecule has 27 heavy (non-hydrogen) atoms. The summed E-state index contributed by atoms with van der Waals surface area (Å²) in [6.07, 6.45) is 0.965. The SMILES string of the molecule is CC(C(=O)N(C)Cc1nc2ccc(F)cc2[nH]1)N1CCc2ccccc2C1. The van der Waals surface area contributed by atoms with Crippen molar-refractivity contribution in [3.8, 4) is 0 Å². The molecule has 0 bridgehead atoms. The normalized spacial score (nSPS) is 15.5. The average Bonchev–Trinajstić information content (AvgIpc) is 3.07. The Morgan fingerprint density at radius 1 is 1.30 bits per heavy atom. The number of carbonyl (C=O) groups excluding carboxylic acids is 1. The minimum Gasteiger partial charge on any atom is -0.340 e. The van der Waals surface area contributed by atoms with Crippen molar-refractivity contribution < 1.29 is 9.18 Å². The monoisotopic (exact) mass is 366 g/mol. The van der Waals surface area contributed by atoms with Gasteiger partial charge in [0, 0.05) is 20.1 Å². The van der Waals surface area contributed by atoms with Crippen LogP contribution in [-0.2, 0) is 24.3 Å². The maximum atomic E-state index is 13.3. The zero-order chi connectivity index (χ0) is 19.0. The summed E-state index contributed by atoms with van der Waals surface area (Å²) in [4.78, 5) is 24.4. The molecule has 1 atom stereocenters. The molecule has 1 unspecified atom stereocenters. The molecule has 1 amide bonds. The fourth-order valence-electron chi connectivity index (χ4n) is 3.74. The Hall–Kier alpha value is -2.73. The summed E-state index contributed by atoms with van der Waals surface area (Å²) in [7, 11) is 1.78. The van der Waals surface area contributed by atoms with E-state index >= 15 is 0 Å². The van der Waals surface area contributed by atoms with E-state index in [0.717, 1.165) is 19.5 Å². The molecule has 0 spiro atoms. The molecule has 1 aliphatic rings. The number of aromatic nitrogens is 2. The predicted octanol–water partition coefficient (Wildman–Crippen LogP) is 3.11. The largest absolute Gasteiger partial charge is 0.340 e. The Balaban J connectivity index is 1.43. The number of H-pyrrole nitrogens is 1. The lowest BCUT2D eigenvalue weighted by Gasteiger charge is -2.34. The molecule has 1 aromatic heterocycles. The van der Waals surface area contributed by atoms with Gasteiger partial charge in [0.2, 0.25) is 5.91 Å². The lowest BCUT2D eigenvalue weighted by Crippen LogP contribution is -2.47. The number of halogens is 1. The molecule has 0 saturated heterocycles. The summed E-state index contributed by atoms with van der Waals surface area (Å²) in [5.41, 5.74) is 4.01. The smallest absolute Gasteiger partial charge is 0.239 e. The van der Waals surface area contributed by atoms with Gasteiger partial charge in [-0.1, -0.05) is 24.3 Å². The Morgan fingerprint density at radius 2 is 2.07 bits per heavy atom. The van der Waals surface area contributed by atoms with E-state index in [4.69, 9.17) is 0 Å². The number of imidazole rings is 1. The van der Waals surface area contributed by atoms with E-state index in [1.807, 2.05) is 13.0 Å². The van der Waals surface area contributed by atoms with E-state index in [-0.39, 0.29) is 17.8 Å². The van der Waals surface area contributed by atoms with E-state index in [1.165, 1.54) is 23.3 Å². The van der Waals surface area contributed by atoms with Crippen LogP contribution in [0.4, 0.5) is 4.39 Å². The van der Waals surface area contributed by atoms with Gasteiger partial charge >= 0.3 is 0 Å². The highest BCUT2D eigenvalue weighted by Crippen LogP contribution is 2.21. The van der Waals surface area contributed by atoms with E-state index < -0.39 is 0 Å². The van der Waals surface area contributed by atoms with Crippen molar-refractivity contribution in [2.75, 3.05) is 13.6 Å². The third kappa shape index (κ3) is 3.57. The number of hydrogen-bond donors (Lipinski definition) is 1. The van der Waals surface area contributed by atoms with Crippen LogP contribution < -0.4 is 0 Å². The molecule has 140 valence electrons. The first-order chi connectivity index (χ1) is 13.0. The third-order valence-electron chi connectivity index (χ3n) is 5.32. The van der Waals surface area contributed by atoms with Crippen molar-refractivity contribution in [1.29, 1.82) is 0 Å². The number of benzene rings is 2. The van der Waals surface area contributed by atoms with Gasteiger partial charge in [-0.15, -0.1) is 0 Å². The van der Waals surface area contributed by atoms with Crippen molar-refractivity contribution in [3.05, 3.63) is 65.2 Å². The maximum absolute atomic E-state index is 13.3. The Labute approximate surface area is 157 Å². The number of nitrogens with zero attached hydrogens (tertiary/aromatic N) is 3. The van der Waals surface area contributed by atoms with Gasteiger partial charge in [0.05, 0.1) is 23.6 Å². The number of fused-ring (bicyclic) bond motifs is 2. The molecule has 0 radical (unpaired) electrons. The highest BCUT2D eigenvalue weighted by atomic mass is 19.1. The molecule has 0 fully saturated rings. The average molecular weight is 366 g/mol. The van der Waals surface area contributed by atoms with Crippen molar-refractivity contribution in [2.45, 2.75) is 32.5 Å². The molecule has 1 N–H and O–H groups in total. The van der Waals surface area contributed by atoms with Crippen molar-refractivity contribution in [3.63, 3.8) is 0 Å². The standard InChI is InChI=1S/C21H23FN4O/c1-14(26-10-9-15-5-3-4-6-16(15)12-26)21(27)25(2)13-20-23-18-8-7-17(22)11-19(18)24-20/h3-8,11,14H,9-10,12-13H2,1-2H3,(H,23,24). The van der Waals surface area contributed by atoms with Crippen LogP contribution in [0.5, 0.6) is 0 Å². The summed E-state index contributed by atoms with van der Waals surface area (Å²) in [5, 5.41) is 0. The second kappa shape index (κ2) is 7.12. The fourth-order valence-corrected chi connectivity index (χ4v) is 3.74. The zero-order valence-corrected chi connectivity index (χ0v) is 15.6. The van der Waals surface area contributed by atoms with Gasteiger partial charge in [-0.2, -0.15) is 0 Å². The topological polar surface area (TPSA) is 52.2 Å². The van der Waals surface area contributed by atoms with Gasteiger partial charge in [0.15, 0.2) is 0 Å². The first-order valence-electron chi connectivity index (χ1n) is 9.21. The van der Waals surface area contributed by atoms with Gasteiger partial charge in [0.25, 0.3) is 0 Å². The number of aromatic amines is 1. The third-order valence-corrected chi connectivity index (χ3v) is 5.32. The minimum atomic E-state index is -0.305. The molecular weight excluding hydrogens is 343 g/mol. The van der Waals surface area contributed by atoms with Gasteiger partial charge in [-0.05, 0) is 42.7 Å². The van der Waals surface area contributed by atoms with Crippen molar-refractivity contribution >= 4 is 16.9 Å². The molecule has 5 nitrogen and oxygen atoms in total. The van der Waals surface area contributed by atoms with Gasteiger partial charge < -0.3 is 9.88 Å². The number of carbonyl (C=O) groups is 1. The molecule has 2 heterocycles. The summed E-state index contributed by atoms with van der Waals surface area (Å²) >= 11 is 0. The number of likely N-dealkylation sites (N-methyl/N-ethyl adjacent to an activating group) is 1. The Kier molecular flexibility index (Phi) is 4.66. The summed E-state index contributed by atoms with van der Waals surface area (Å²) in [5.74, 6) is 0.407. The van der Waals surface area contributed by atoms with Crippen LogP contribution in [0.15, 0.2) is 42.5 Å². The van der Waals surface area contributed by atoms with Crippen LogP contribution in [0, 0.1) is 5.82 Å². The van der Waals surface area contributed by atoms with Crippen LogP contribution in [0.2, 0.25) is 0 Å². The number of hydrogen-bond acceptors (Lipinski definition) is 3. The number of rotatable bonds is 4. The second-order valence-electron chi connectivity index (χ2n) is 7.20. The van der Waals surface area contributed by atoms with E-state index in [1.54, 1.807) is 18.0 Å². The highest BCUT2D eigenvalue weighted by molar-refractivity contribution is 5.81. The van der Waals surface area contributed by atoms with Gasteiger partial charge in [-0.3, -0.25) is 9.69 Å². The van der Waals surface area contributed by atoms with E-state index in [2.05, 4.69) is 33.1 Å². The van der Waals surface area contributed by atoms with Crippen LogP contribution in [0.3, 0.4) is 0 Å². The quantitative estimate of drug-likeness (QED) is 0.772. The molecule has 3 aromatic rings. The summed E-state index contributed by atoms with van der Waals surface area (Å²) in [6.45, 7) is 3.99. The minimum absolute atomic E-state index is 0.0565. The molecule has 2 aromatic carbocycles. The second-order valence-corrected chi connectivity index (χ2v) is 7.20. The van der Waals surface area contributed by atoms with Crippen LogP contribution in [0.25, 0.3) is 11.0 Å². The van der Waals surface area contributed by atoms with E-state index in [0.29, 0.717) is 23.4 Å². The molecule has 6 heteroatoms. The predicted molar refractivity (Wildman–Crippen MR) is 103 cm³/mol. The van der Waals surface area contributed by atoms with E-state index in [9.17, 15) is 9.18 Å². The first-order valence-corrected chi connectivity index (χ1v) is 9.21. The van der Waals surface area contributed by atoms with Crippen molar-refractivity contribution in [1.82, 2.24) is 19.8 Å². The molecule has 4 rings (SSSR count). The molecule has 0 saturated carbocycles.